The fraction of sp³-hybridized carbons (Fsp3) is 0. The predicted molar refractivity (Wildman–Crippen MR) is 74.9 cm³/mol. The van der Waals surface area contributed by atoms with Crippen LogP contribution in [0.1, 0.15) is 0 Å². The van der Waals surface area contributed by atoms with Crippen LogP contribution in [-0.4, -0.2) is 13.5 Å². The van der Waals surface area contributed by atoms with Crippen LogP contribution in [0.15, 0.2) is 51.1 Å². The van der Waals surface area contributed by atoms with Gasteiger partial charge in [0.15, 0.2) is 5.58 Å². The van der Waals surface area contributed by atoms with Gasteiger partial charge in [0, 0.05) is 27.6 Å². The maximum Gasteiger partial charge on any atom is 0.262 e. The summed E-state index contributed by atoms with van der Waals surface area (Å²) in [5.41, 5.74) is 0.200. The quantitative estimate of drug-likeness (QED) is 0.526. The van der Waals surface area contributed by atoms with Crippen LogP contribution >= 0.6 is 23.2 Å². The van der Waals surface area contributed by atoms with E-state index >= 15 is 0 Å². The summed E-state index contributed by atoms with van der Waals surface area (Å²) in [5.74, 6) is 0. The van der Waals surface area contributed by atoms with Gasteiger partial charge in [0.25, 0.3) is 9.84 Å². The highest BCUT2D eigenvalue weighted by Crippen LogP contribution is 2.33. The van der Waals surface area contributed by atoms with Crippen molar-refractivity contribution in [3.8, 4) is 0 Å². The number of aromatic nitrogens is 2. The molecule has 9 heteroatoms. The molecule has 6 nitrogen and oxygen atoms in total. The van der Waals surface area contributed by atoms with E-state index in [-0.39, 0.29) is 20.5 Å². The Morgan fingerprint density at radius 3 is 2.71 bits per heavy atom. The zero-order chi connectivity index (χ0) is 15.2. The van der Waals surface area contributed by atoms with Crippen molar-refractivity contribution in [1.29, 1.82) is 0 Å². The highest BCUT2D eigenvalue weighted by Gasteiger charge is 2.27. The van der Waals surface area contributed by atoms with Gasteiger partial charge in [-0.3, -0.25) is 0 Å². The Labute approximate surface area is 129 Å². The lowest BCUT2D eigenvalue weighted by atomic mass is 10.3. The van der Waals surface area contributed by atoms with E-state index < -0.39 is 14.9 Å². The molecule has 0 saturated heterocycles. The summed E-state index contributed by atoms with van der Waals surface area (Å²) in [4.78, 5) is 0.152. The molecule has 3 rings (SSSR count). The summed E-state index contributed by atoms with van der Waals surface area (Å²) < 4.78 is 30.0. The van der Waals surface area contributed by atoms with Gasteiger partial charge in [-0.15, -0.1) is 0 Å². The molecule has 2 heterocycles. The second-order valence-electron chi connectivity index (χ2n) is 4.12. The Balaban J connectivity index is 2.22. The Morgan fingerprint density at radius 2 is 2.00 bits per heavy atom. The Kier molecular flexibility index (Phi) is 3.27. The number of hydrogen-bond acceptors (Lipinski definition) is 5. The molecule has 0 bridgehead atoms. The van der Waals surface area contributed by atoms with Gasteiger partial charge in [-0.05, 0) is 18.2 Å². The minimum Gasteiger partial charge on any atom is -0.594 e. The molecule has 108 valence electrons. The van der Waals surface area contributed by atoms with Crippen LogP contribution in [0.25, 0.3) is 11.0 Å². The standard InChI is InChI=1S/C12H6Cl2N2O4S/c13-8-4-7-5-11(20-12(7)9(14)6-8)21(18,19)10-2-1-3-16(17)15-10/h1-6H. The summed E-state index contributed by atoms with van der Waals surface area (Å²) in [7, 11) is -4.05. The first kappa shape index (κ1) is 14.1. The first-order valence-corrected chi connectivity index (χ1v) is 7.82. The maximum absolute atomic E-state index is 12.4. The minimum atomic E-state index is -4.05. The smallest absolute Gasteiger partial charge is 0.262 e. The zero-order valence-corrected chi connectivity index (χ0v) is 12.5. The van der Waals surface area contributed by atoms with Crippen molar-refractivity contribution in [2.45, 2.75) is 10.1 Å². The van der Waals surface area contributed by atoms with Crippen LogP contribution in [0.5, 0.6) is 0 Å². The first-order valence-electron chi connectivity index (χ1n) is 5.58. The number of furan rings is 1. The van der Waals surface area contributed by atoms with Crippen molar-refractivity contribution >= 4 is 44.0 Å². The fourth-order valence-corrected chi connectivity index (χ4v) is 3.47. The molecular weight excluding hydrogens is 339 g/mol. The molecule has 0 amide bonds. The van der Waals surface area contributed by atoms with Crippen molar-refractivity contribution in [1.82, 2.24) is 5.10 Å². The molecule has 3 aromatic rings. The second kappa shape index (κ2) is 4.87. The number of sulfone groups is 1. The molecule has 0 aliphatic rings. The summed E-state index contributed by atoms with van der Waals surface area (Å²) in [6.45, 7) is 0. The van der Waals surface area contributed by atoms with Crippen molar-refractivity contribution in [2.24, 2.45) is 0 Å². The van der Waals surface area contributed by atoms with Gasteiger partial charge in [0.1, 0.15) is 0 Å². The Hall–Kier alpha value is -1.83. The van der Waals surface area contributed by atoms with Gasteiger partial charge >= 0.3 is 0 Å². The van der Waals surface area contributed by atoms with Gasteiger partial charge in [-0.25, -0.2) is 8.42 Å². The minimum absolute atomic E-state index is 0.152. The Morgan fingerprint density at radius 1 is 1.24 bits per heavy atom. The van der Waals surface area contributed by atoms with Gasteiger partial charge in [-0.1, -0.05) is 28.0 Å². The van der Waals surface area contributed by atoms with Crippen LogP contribution in [0, 0.1) is 5.21 Å². The fourth-order valence-electron chi connectivity index (χ4n) is 1.79. The van der Waals surface area contributed by atoms with E-state index in [1.807, 2.05) is 0 Å². The molecule has 0 saturated carbocycles. The average molecular weight is 345 g/mol. The SMILES string of the molecule is O=S(=O)(c1ccc[n+]([O-])n1)c1cc2cc(Cl)cc(Cl)c2o1. The van der Waals surface area contributed by atoms with Crippen molar-refractivity contribution in [3.63, 3.8) is 0 Å². The monoisotopic (exact) mass is 344 g/mol. The van der Waals surface area contributed by atoms with Crippen LogP contribution in [-0.2, 0) is 9.84 Å². The highest BCUT2D eigenvalue weighted by molar-refractivity contribution is 7.91. The lowest BCUT2D eigenvalue weighted by molar-refractivity contribution is -0.673. The third kappa shape index (κ3) is 2.44. The molecular formula is C12H6Cl2N2O4S. The maximum atomic E-state index is 12.4. The van der Waals surface area contributed by atoms with E-state index in [0.717, 1.165) is 6.20 Å². The zero-order valence-electron chi connectivity index (χ0n) is 10.2. The molecule has 2 aromatic heterocycles. The lowest BCUT2D eigenvalue weighted by Crippen LogP contribution is -2.31. The largest absolute Gasteiger partial charge is 0.594 e. The summed E-state index contributed by atoms with van der Waals surface area (Å²) in [5, 5.41) is 14.7. The van der Waals surface area contributed by atoms with Crippen LogP contribution in [0.3, 0.4) is 0 Å². The first-order chi connectivity index (χ1) is 9.88. The molecule has 0 aliphatic carbocycles. The molecule has 0 atom stereocenters. The molecule has 0 spiro atoms. The summed E-state index contributed by atoms with van der Waals surface area (Å²) in [6.07, 6.45) is 1.08. The Bertz CT molecular complexity index is 953. The summed E-state index contributed by atoms with van der Waals surface area (Å²) >= 11 is 11.8. The predicted octanol–water partition coefficient (Wildman–Crippen LogP) is 2.60. The van der Waals surface area contributed by atoms with E-state index in [2.05, 4.69) is 5.10 Å². The van der Waals surface area contributed by atoms with E-state index in [9.17, 15) is 13.6 Å². The molecule has 0 N–H and O–H groups in total. The number of benzene rings is 1. The van der Waals surface area contributed by atoms with Crippen LogP contribution < -0.4 is 4.85 Å². The van der Waals surface area contributed by atoms with E-state index in [4.69, 9.17) is 27.6 Å². The highest BCUT2D eigenvalue weighted by atomic mass is 35.5. The molecule has 0 aliphatic heterocycles. The van der Waals surface area contributed by atoms with Crippen molar-refractivity contribution in [2.75, 3.05) is 0 Å². The molecule has 21 heavy (non-hydrogen) atoms. The van der Waals surface area contributed by atoms with Crippen molar-refractivity contribution < 1.29 is 17.7 Å². The van der Waals surface area contributed by atoms with E-state index in [1.165, 1.54) is 30.3 Å². The van der Waals surface area contributed by atoms with Crippen molar-refractivity contribution in [3.05, 3.63) is 51.8 Å². The normalized spacial score (nSPS) is 11.9. The number of hydrogen-bond donors (Lipinski definition) is 0. The molecule has 1 aromatic carbocycles. The van der Waals surface area contributed by atoms with Crippen LogP contribution in [0.4, 0.5) is 0 Å². The van der Waals surface area contributed by atoms with Gasteiger partial charge in [0.05, 0.1) is 5.02 Å². The third-order valence-electron chi connectivity index (χ3n) is 2.70. The number of rotatable bonds is 2. The van der Waals surface area contributed by atoms with Gasteiger partial charge < -0.3 is 9.62 Å². The number of nitrogens with zero attached hydrogens (tertiary/aromatic N) is 2. The molecule has 0 fully saturated rings. The van der Waals surface area contributed by atoms with Crippen LogP contribution in [0.2, 0.25) is 10.0 Å². The van der Waals surface area contributed by atoms with E-state index in [1.54, 1.807) is 0 Å². The topological polar surface area (TPSA) is 87.1 Å². The number of fused-ring (bicyclic) bond motifs is 1. The van der Waals surface area contributed by atoms with Gasteiger partial charge in [0.2, 0.25) is 16.3 Å². The van der Waals surface area contributed by atoms with Gasteiger partial charge in [-0.2, -0.15) is 0 Å². The third-order valence-corrected chi connectivity index (χ3v) is 4.70. The lowest BCUT2D eigenvalue weighted by Gasteiger charge is -1.98. The molecule has 0 unspecified atom stereocenters. The second-order valence-corrected chi connectivity index (χ2v) is 6.79. The van der Waals surface area contributed by atoms with E-state index in [0.29, 0.717) is 10.4 Å². The molecule has 0 radical (unpaired) electrons. The summed E-state index contributed by atoms with van der Waals surface area (Å²) in [6, 6.07) is 6.73. The number of halogens is 2. The average Bonchev–Trinajstić information content (AvgIpc) is 2.83.